The third kappa shape index (κ3) is 2.54. The minimum Gasteiger partial charge on any atom is -0.345 e. The zero-order valence-electron chi connectivity index (χ0n) is 14.3. The Hall–Kier alpha value is -2.88. The summed E-state index contributed by atoms with van der Waals surface area (Å²) in [6, 6.07) is 15.6. The molecule has 1 aliphatic heterocycles. The van der Waals surface area contributed by atoms with E-state index in [1.807, 2.05) is 49.4 Å². The standard InChI is InChI=1S/C21H20N2O2/c1-13-11-16-9-6-10-17-19(16)23(13)12-18(20(17)24)21(25)22-14(2)15-7-4-3-5-8-15/h3-10,12-14H,11H2,1-2H3,(H,22,25)/t13-,14+/m1/s1. The lowest BCUT2D eigenvalue weighted by molar-refractivity contribution is 0.0938. The average Bonchev–Trinajstić information content (AvgIpc) is 2.95. The van der Waals surface area contributed by atoms with Crippen LogP contribution in [0.2, 0.25) is 0 Å². The van der Waals surface area contributed by atoms with E-state index in [4.69, 9.17) is 0 Å². The van der Waals surface area contributed by atoms with Gasteiger partial charge in [-0.3, -0.25) is 9.59 Å². The number of para-hydroxylation sites is 1. The average molecular weight is 332 g/mol. The maximum Gasteiger partial charge on any atom is 0.257 e. The predicted molar refractivity (Wildman–Crippen MR) is 98.9 cm³/mol. The van der Waals surface area contributed by atoms with Gasteiger partial charge in [0.2, 0.25) is 5.43 Å². The summed E-state index contributed by atoms with van der Waals surface area (Å²) in [6.45, 7) is 4.03. The highest BCUT2D eigenvalue weighted by atomic mass is 16.2. The van der Waals surface area contributed by atoms with E-state index in [-0.39, 0.29) is 29.0 Å². The predicted octanol–water partition coefficient (Wildman–Crippen LogP) is 3.61. The smallest absolute Gasteiger partial charge is 0.257 e. The molecule has 4 heteroatoms. The van der Waals surface area contributed by atoms with Gasteiger partial charge in [0, 0.05) is 17.6 Å². The second kappa shape index (κ2) is 5.88. The molecule has 1 amide bonds. The summed E-state index contributed by atoms with van der Waals surface area (Å²) in [6.07, 6.45) is 2.61. The van der Waals surface area contributed by atoms with Crippen LogP contribution in [0.5, 0.6) is 0 Å². The molecule has 2 atom stereocenters. The summed E-state index contributed by atoms with van der Waals surface area (Å²) in [5.41, 5.74) is 3.16. The van der Waals surface area contributed by atoms with Crippen molar-refractivity contribution >= 4 is 16.8 Å². The van der Waals surface area contributed by atoms with Crippen molar-refractivity contribution in [1.29, 1.82) is 0 Å². The maximum absolute atomic E-state index is 12.9. The van der Waals surface area contributed by atoms with Gasteiger partial charge in [0.15, 0.2) is 0 Å². The van der Waals surface area contributed by atoms with Gasteiger partial charge in [-0.25, -0.2) is 0 Å². The summed E-state index contributed by atoms with van der Waals surface area (Å²) < 4.78 is 2.06. The first-order valence-corrected chi connectivity index (χ1v) is 8.59. The Bertz CT molecular complexity index is 1020. The summed E-state index contributed by atoms with van der Waals surface area (Å²) in [5.74, 6) is -0.323. The number of aromatic nitrogens is 1. The van der Waals surface area contributed by atoms with Gasteiger partial charge in [-0.05, 0) is 37.5 Å². The van der Waals surface area contributed by atoms with Crippen molar-refractivity contribution in [3.05, 3.63) is 81.6 Å². The van der Waals surface area contributed by atoms with Crippen molar-refractivity contribution in [3.63, 3.8) is 0 Å². The second-order valence-electron chi connectivity index (χ2n) is 6.75. The zero-order valence-corrected chi connectivity index (χ0v) is 14.3. The number of pyridine rings is 1. The Labute approximate surface area is 146 Å². The van der Waals surface area contributed by atoms with Crippen LogP contribution in [0.4, 0.5) is 0 Å². The quantitative estimate of drug-likeness (QED) is 0.796. The first-order chi connectivity index (χ1) is 12.1. The summed E-state index contributed by atoms with van der Waals surface area (Å²) in [4.78, 5) is 25.6. The number of nitrogens with one attached hydrogen (secondary N) is 1. The molecule has 0 bridgehead atoms. The van der Waals surface area contributed by atoms with Gasteiger partial charge in [0.05, 0.1) is 11.6 Å². The molecule has 0 spiro atoms. The number of benzene rings is 2. The molecule has 0 fully saturated rings. The van der Waals surface area contributed by atoms with Crippen LogP contribution in [0.3, 0.4) is 0 Å². The van der Waals surface area contributed by atoms with E-state index in [2.05, 4.69) is 22.9 Å². The molecule has 2 aromatic carbocycles. The summed E-state index contributed by atoms with van der Waals surface area (Å²) in [7, 11) is 0. The fourth-order valence-corrected chi connectivity index (χ4v) is 3.68. The third-order valence-electron chi connectivity index (χ3n) is 5.02. The van der Waals surface area contributed by atoms with Crippen LogP contribution in [0.1, 0.15) is 47.4 Å². The van der Waals surface area contributed by atoms with E-state index >= 15 is 0 Å². The lowest BCUT2D eigenvalue weighted by atomic mass is 10.1. The molecular formula is C21H20N2O2. The Morgan fingerprint density at radius 3 is 2.68 bits per heavy atom. The second-order valence-corrected chi connectivity index (χ2v) is 6.75. The van der Waals surface area contributed by atoms with Crippen molar-refractivity contribution in [3.8, 4) is 0 Å². The fraction of sp³-hybridized carbons (Fsp3) is 0.238. The molecule has 4 nitrogen and oxygen atoms in total. The van der Waals surface area contributed by atoms with Crippen molar-refractivity contribution in [2.45, 2.75) is 32.4 Å². The molecule has 0 aliphatic carbocycles. The zero-order chi connectivity index (χ0) is 17.6. The SMILES string of the molecule is C[C@H](NC(=O)c1cn2c3c(cccc3c1=O)C[C@H]2C)c1ccccc1. The van der Waals surface area contributed by atoms with Crippen LogP contribution >= 0.6 is 0 Å². The van der Waals surface area contributed by atoms with E-state index in [0.29, 0.717) is 5.39 Å². The number of hydrogen-bond donors (Lipinski definition) is 1. The number of hydrogen-bond acceptors (Lipinski definition) is 2. The fourth-order valence-electron chi connectivity index (χ4n) is 3.68. The van der Waals surface area contributed by atoms with Crippen LogP contribution in [0, 0.1) is 0 Å². The van der Waals surface area contributed by atoms with Crippen molar-refractivity contribution in [2.75, 3.05) is 0 Å². The molecular weight excluding hydrogens is 312 g/mol. The molecule has 0 saturated carbocycles. The Morgan fingerprint density at radius 1 is 1.16 bits per heavy atom. The number of carbonyl (C=O) groups is 1. The number of amides is 1. The van der Waals surface area contributed by atoms with Crippen LogP contribution < -0.4 is 10.7 Å². The first-order valence-electron chi connectivity index (χ1n) is 8.59. The highest BCUT2D eigenvalue weighted by molar-refractivity contribution is 5.98. The minimum atomic E-state index is -0.323. The van der Waals surface area contributed by atoms with Gasteiger partial charge in [-0.15, -0.1) is 0 Å². The van der Waals surface area contributed by atoms with E-state index in [1.165, 1.54) is 5.56 Å². The Morgan fingerprint density at radius 2 is 1.92 bits per heavy atom. The number of nitrogens with zero attached hydrogens (tertiary/aromatic N) is 1. The highest BCUT2D eigenvalue weighted by Crippen LogP contribution is 2.30. The van der Waals surface area contributed by atoms with Crippen LogP contribution in [-0.2, 0) is 6.42 Å². The van der Waals surface area contributed by atoms with E-state index in [1.54, 1.807) is 6.20 Å². The monoisotopic (exact) mass is 332 g/mol. The number of rotatable bonds is 3. The van der Waals surface area contributed by atoms with E-state index < -0.39 is 0 Å². The van der Waals surface area contributed by atoms with Crippen LogP contribution in [-0.4, -0.2) is 10.5 Å². The molecule has 0 unspecified atom stereocenters. The lowest BCUT2D eigenvalue weighted by Gasteiger charge is -2.16. The maximum atomic E-state index is 12.9. The molecule has 126 valence electrons. The van der Waals surface area contributed by atoms with Crippen LogP contribution in [0.25, 0.3) is 10.9 Å². The molecule has 1 aliphatic rings. The highest BCUT2D eigenvalue weighted by Gasteiger charge is 2.24. The van der Waals surface area contributed by atoms with Gasteiger partial charge in [-0.2, -0.15) is 0 Å². The Balaban J connectivity index is 1.74. The van der Waals surface area contributed by atoms with Crippen LogP contribution in [0.15, 0.2) is 59.5 Å². The van der Waals surface area contributed by atoms with Crippen molar-refractivity contribution in [2.24, 2.45) is 0 Å². The van der Waals surface area contributed by atoms with Gasteiger partial charge in [0.25, 0.3) is 5.91 Å². The molecule has 25 heavy (non-hydrogen) atoms. The molecule has 0 radical (unpaired) electrons. The van der Waals surface area contributed by atoms with Gasteiger partial charge < -0.3 is 9.88 Å². The minimum absolute atomic E-state index is 0.161. The van der Waals surface area contributed by atoms with Gasteiger partial charge >= 0.3 is 0 Å². The van der Waals surface area contributed by atoms with Gasteiger partial charge in [0.1, 0.15) is 5.56 Å². The van der Waals surface area contributed by atoms with E-state index in [0.717, 1.165) is 17.5 Å². The summed E-state index contributed by atoms with van der Waals surface area (Å²) >= 11 is 0. The van der Waals surface area contributed by atoms with Crippen molar-refractivity contribution in [1.82, 2.24) is 9.88 Å². The normalized spacial score (nSPS) is 16.8. The molecule has 3 aromatic rings. The molecule has 0 saturated heterocycles. The Kier molecular flexibility index (Phi) is 3.68. The third-order valence-corrected chi connectivity index (χ3v) is 5.02. The van der Waals surface area contributed by atoms with E-state index in [9.17, 15) is 9.59 Å². The molecule has 1 N–H and O–H groups in total. The first kappa shape index (κ1) is 15.6. The van der Waals surface area contributed by atoms with Crippen molar-refractivity contribution < 1.29 is 4.79 Å². The summed E-state index contributed by atoms with van der Waals surface area (Å²) in [5, 5.41) is 3.58. The topological polar surface area (TPSA) is 51.1 Å². The largest absolute Gasteiger partial charge is 0.345 e. The van der Waals surface area contributed by atoms with Gasteiger partial charge in [-0.1, -0.05) is 42.5 Å². The lowest BCUT2D eigenvalue weighted by Crippen LogP contribution is -2.31. The molecule has 1 aromatic heterocycles. The number of carbonyl (C=O) groups excluding carboxylic acids is 1. The molecule has 2 heterocycles. The molecule has 4 rings (SSSR count).